The Morgan fingerprint density at radius 1 is 1.21 bits per heavy atom. The highest BCUT2D eigenvalue weighted by Crippen LogP contribution is 2.18. The molecule has 0 radical (unpaired) electrons. The van der Waals surface area contributed by atoms with E-state index in [1.165, 1.54) is 0 Å². The largest absolute Gasteiger partial charge is 0.467 e. The standard InChI is InChI=1S/C15H20N2O2/c1-12-7-10-19-15(12)11-16-13-3-5-14(6-4-13)17(2)8-9-18/h3-7,10,16,18H,8-9,11H2,1-2H3. The van der Waals surface area contributed by atoms with Crippen molar-refractivity contribution in [1.82, 2.24) is 0 Å². The first-order valence-corrected chi connectivity index (χ1v) is 6.39. The molecule has 0 fully saturated rings. The maximum Gasteiger partial charge on any atom is 0.125 e. The van der Waals surface area contributed by atoms with E-state index in [1.54, 1.807) is 6.26 Å². The number of furan rings is 1. The minimum Gasteiger partial charge on any atom is -0.467 e. The zero-order valence-electron chi connectivity index (χ0n) is 11.4. The molecule has 0 amide bonds. The van der Waals surface area contributed by atoms with E-state index in [2.05, 4.69) is 5.32 Å². The molecule has 2 rings (SSSR count). The summed E-state index contributed by atoms with van der Waals surface area (Å²) in [6.07, 6.45) is 1.71. The first kappa shape index (κ1) is 13.5. The number of aliphatic hydroxyl groups excluding tert-OH is 1. The van der Waals surface area contributed by atoms with Gasteiger partial charge < -0.3 is 19.7 Å². The molecule has 4 nitrogen and oxygen atoms in total. The SMILES string of the molecule is Cc1ccoc1CNc1ccc(N(C)CCO)cc1. The number of rotatable bonds is 6. The second-order valence-corrected chi connectivity index (χ2v) is 4.57. The maximum atomic E-state index is 8.90. The van der Waals surface area contributed by atoms with Crippen molar-refractivity contribution in [2.75, 3.05) is 30.4 Å². The van der Waals surface area contributed by atoms with Crippen molar-refractivity contribution in [3.63, 3.8) is 0 Å². The minimum atomic E-state index is 0.161. The zero-order chi connectivity index (χ0) is 13.7. The van der Waals surface area contributed by atoms with Gasteiger partial charge in [0.25, 0.3) is 0 Å². The first-order valence-electron chi connectivity index (χ1n) is 6.39. The predicted molar refractivity (Wildman–Crippen MR) is 77.6 cm³/mol. The third-order valence-corrected chi connectivity index (χ3v) is 3.16. The van der Waals surface area contributed by atoms with E-state index in [0.29, 0.717) is 13.1 Å². The van der Waals surface area contributed by atoms with Crippen molar-refractivity contribution in [3.05, 3.63) is 47.9 Å². The summed E-state index contributed by atoms with van der Waals surface area (Å²) in [4.78, 5) is 2.01. The van der Waals surface area contributed by atoms with Crippen molar-refractivity contribution in [2.45, 2.75) is 13.5 Å². The lowest BCUT2D eigenvalue weighted by atomic mass is 10.2. The Hall–Kier alpha value is -1.94. The van der Waals surface area contributed by atoms with Crippen LogP contribution in [0.15, 0.2) is 41.0 Å². The van der Waals surface area contributed by atoms with E-state index in [-0.39, 0.29) is 6.61 Å². The number of anilines is 2. The second-order valence-electron chi connectivity index (χ2n) is 4.57. The molecule has 1 aromatic carbocycles. The van der Waals surface area contributed by atoms with E-state index >= 15 is 0 Å². The van der Waals surface area contributed by atoms with Crippen molar-refractivity contribution >= 4 is 11.4 Å². The lowest BCUT2D eigenvalue weighted by molar-refractivity contribution is 0.304. The van der Waals surface area contributed by atoms with E-state index in [0.717, 1.165) is 22.7 Å². The van der Waals surface area contributed by atoms with Gasteiger partial charge in [-0.05, 0) is 42.8 Å². The molecule has 2 N–H and O–H groups in total. The Bertz CT molecular complexity index is 505. The Labute approximate surface area is 113 Å². The van der Waals surface area contributed by atoms with Gasteiger partial charge in [-0.2, -0.15) is 0 Å². The summed E-state index contributed by atoms with van der Waals surface area (Å²) in [7, 11) is 1.96. The molecular weight excluding hydrogens is 240 g/mol. The monoisotopic (exact) mass is 260 g/mol. The molecule has 0 atom stereocenters. The molecule has 0 bridgehead atoms. The lowest BCUT2D eigenvalue weighted by Gasteiger charge is -2.18. The van der Waals surface area contributed by atoms with Crippen molar-refractivity contribution < 1.29 is 9.52 Å². The van der Waals surface area contributed by atoms with Gasteiger partial charge in [0, 0.05) is 25.0 Å². The van der Waals surface area contributed by atoms with Crippen LogP contribution in [0.5, 0.6) is 0 Å². The Morgan fingerprint density at radius 3 is 2.53 bits per heavy atom. The fraction of sp³-hybridized carbons (Fsp3) is 0.333. The number of nitrogens with one attached hydrogen (secondary N) is 1. The summed E-state index contributed by atoms with van der Waals surface area (Å²) in [5.74, 6) is 0.960. The van der Waals surface area contributed by atoms with Gasteiger partial charge in [0.05, 0.1) is 19.4 Å². The highest BCUT2D eigenvalue weighted by atomic mass is 16.3. The van der Waals surface area contributed by atoms with E-state index < -0.39 is 0 Å². The van der Waals surface area contributed by atoms with Crippen LogP contribution in [0.25, 0.3) is 0 Å². The molecule has 0 aliphatic rings. The smallest absolute Gasteiger partial charge is 0.125 e. The van der Waals surface area contributed by atoms with Gasteiger partial charge in [-0.1, -0.05) is 0 Å². The molecule has 0 spiro atoms. The molecule has 19 heavy (non-hydrogen) atoms. The van der Waals surface area contributed by atoms with Crippen LogP contribution >= 0.6 is 0 Å². The van der Waals surface area contributed by atoms with E-state index in [4.69, 9.17) is 9.52 Å². The summed E-state index contributed by atoms with van der Waals surface area (Å²) >= 11 is 0. The van der Waals surface area contributed by atoms with Crippen LogP contribution in [0, 0.1) is 6.92 Å². The number of aliphatic hydroxyl groups is 1. The minimum absolute atomic E-state index is 0.161. The molecule has 1 heterocycles. The molecular formula is C15H20N2O2. The van der Waals surface area contributed by atoms with Gasteiger partial charge in [-0.15, -0.1) is 0 Å². The van der Waals surface area contributed by atoms with Crippen LogP contribution in [0.3, 0.4) is 0 Å². The third kappa shape index (κ3) is 3.51. The lowest BCUT2D eigenvalue weighted by Crippen LogP contribution is -2.20. The summed E-state index contributed by atoms with van der Waals surface area (Å²) < 4.78 is 5.38. The van der Waals surface area contributed by atoms with Gasteiger partial charge in [0.1, 0.15) is 5.76 Å². The van der Waals surface area contributed by atoms with E-state index in [9.17, 15) is 0 Å². The molecule has 2 aromatic rings. The number of likely N-dealkylation sites (N-methyl/N-ethyl adjacent to an activating group) is 1. The van der Waals surface area contributed by atoms with Crippen molar-refractivity contribution in [2.24, 2.45) is 0 Å². The average molecular weight is 260 g/mol. The highest BCUT2D eigenvalue weighted by Gasteiger charge is 2.02. The Kier molecular flexibility index (Phi) is 4.47. The Morgan fingerprint density at radius 2 is 1.95 bits per heavy atom. The van der Waals surface area contributed by atoms with Gasteiger partial charge in [-0.25, -0.2) is 0 Å². The summed E-state index contributed by atoms with van der Waals surface area (Å²) in [5.41, 5.74) is 3.30. The van der Waals surface area contributed by atoms with Crippen LogP contribution in [-0.4, -0.2) is 25.3 Å². The fourth-order valence-electron chi connectivity index (χ4n) is 1.88. The summed E-state index contributed by atoms with van der Waals surface area (Å²) in [6.45, 7) is 3.52. The number of nitrogens with zero attached hydrogens (tertiary/aromatic N) is 1. The zero-order valence-corrected chi connectivity index (χ0v) is 11.4. The Balaban J connectivity index is 1.93. The van der Waals surface area contributed by atoms with Gasteiger partial charge in [0.2, 0.25) is 0 Å². The van der Waals surface area contributed by atoms with Crippen LogP contribution in [0.4, 0.5) is 11.4 Å². The van der Waals surface area contributed by atoms with Gasteiger partial charge in [0.15, 0.2) is 0 Å². The molecule has 0 saturated heterocycles. The quantitative estimate of drug-likeness (QED) is 0.838. The maximum absolute atomic E-state index is 8.90. The highest BCUT2D eigenvalue weighted by molar-refractivity contribution is 5.54. The van der Waals surface area contributed by atoms with Crippen LogP contribution in [-0.2, 0) is 6.54 Å². The van der Waals surface area contributed by atoms with E-state index in [1.807, 2.05) is 49.2 Å². The topological polar surface area (TPSA) is 48.6 Å². The van der Waals surface area contributed by atoms with Gasteiger partial charge >= 0.3 is 0 Å². The number of hydrogen-bond acceptors (Lipinski definition) is 4. The number of hydrogen-bond donors (Lipinski definition) is 2. The van der Waals surface area contributed by atoms with Crippen LogP contribution < -0.4 is 10.2 Å². The van der Waals surface area contributed by atoms with Crippen molar-refractivity contribution in [1.29, 1.82) is 0 Å². The molecule has 0 saturated carbocycles. The molecule has 102 valence electrons. The fourth-order valence-corrected chi connectivity index (χ4v) is 1.88. The predicted octanol–water partition coefficient (Wildman–Crippen LogP) is 2.63. The van der Waals surface area contributed by atoms with Gasteiger partial charge in [-0.3, -0.25) is 0 Å². The number of benzene rings is 1. The second kappa shape index (κ2) is 6.29. The van der Waals surface area contributed by atoms with Crippen molar-refractivity contribution in [3.8, 4) is 0 Å². The molecule has 0 unspecified atom stereocenters. The van der Waals surface area contributed by atoms with Crippen LogP contribution in [0.1, 0.15) is 11.3 Å². The number of aryl methyl sites for hydroxylation is 1. The summed E-state index contributed by atoms with van der Waals surface area (Å²) in [6, 6.07) is 10.1. The molecule has 0 aliphatic heterocycles. The molecule has 4 heteroatoms. The first-order chi connectivity index (χ1) is 9.20. The average Bonchev–Trinajstić information content (AvgIpc) is 2.83. The molecule has 1 aromatic heterocycles. The normalized spacial score (nSPS) is 10.5. The summed E-state index contributed by atoms with van der Waals surface area (Å²) in [5, 5.41) is 12.2. The van der Waals surface area contributed by atoms with Crippen LogP contribution in [0.2, 0.25) is 0 Å². The third-order valence-electron chi connectivity index (χ3n) is 3.16. The molecule has 0 aliphatic carbocycles.